The Morgan fingerprint density at radius 1 is 1.43 bits per heavy atom. The molecule has 0 spiro atoms. The predicted octanol–water partition coefficient (Wildman–Crippen LogP) is 1.47. The van der Waals surface area contributed by atoms with Crippen LogP contribution in [-0.2, 0) is 0 Å². The lowest BCUT2D eigenvalue weighted by atomic mass is 10.2. The van der Waals surface area contributed by atoms with Crippen LogP contribution >= 0.6 is 0 Å². The molecule has 14 heavy (non-hydrogen) atoms. The smallest absolute Gasteiger partial charge is 0.148 e. The van der Waals surface area contributed by atoms with E-state index >= 15 is 0 Å². The number of amidine groups is 1. The van der Waals surface area contributed by atoms with E-state index in [1.807, 2.05) is 6.07 Å². The summed E-state index contributed by atoms with van der Waals surface area (Å²) in [6.07, 6.45) is 0. The lowest BCUT2D eigenvalue weighted by Gasteiger charge is -2.29. The summed E-state index contributed by atoms with van der Waals surface area (Å²) in [5, 5.41) is 3.05. The highest BCUT2D eigenvalue weighted by atomic mass is 19.1. The zero-order chi connectivity index (χ0) is 9.54. The average Bonchev–Trinajstić information content (AvgIpc) is 2.66. The van der Waals surface area contributed by atoms with Gasteiger partial charge in [0, 0.05) is 6.54 Å². The molecule has 1 aromatic rings. The molecule has 0 radical (unpaired) electrons. The predicted molar refractivity (Wildman–Crippen MR) is 54.5 cm³/mol. The second-order valence-corrected chi connectivity index (χ2v) is 3.44. The van der Waals surface area contributed by atoms with Gasteiger partial charge >= 0.3 is 0 Å². The Hall–Kier alpha value is -1.58. The molecule has 0 saturated heterocycles. The number of hydrogen-bond donors (Lipinski definition) is 1. The number of anilines is 2. The Balaban J connectivity index is 2.15. The third kappa shape index (κ3) is 0.937. The first kappa shape index (κ1) is 7.79. The van der Waals surface area contributed by atoms with Gasteiger partial charge in [0.15, 0.2) is 0 Å². The van der Waals surface area contributed by atoms with Crippen molar-refractivity contribution in [3.8, 4) is 0 Å². The number of halogens is 1. The molecule has 72 valence electrons. The van der Waals surface area contributed by atoms with E-state index in [0.29, 0.717) is 12.2 Å². The highest BCUT2D eigenvalue weighted by Crippen LogP contribution is 2.32. The van der Waals surface area contributed by atoms with Gasteiger partial charge in [0.1, 0.15) is 11.7 Å². The molecule has 2 aliphatic heterocycles. The van der Waals surface area contributed by atoms with E-state index in [0.717, 1.165) is 24.6 Å². The van der Waals surface area contributed by atoms with Crippen molar-refractivity contribution in [2.45, 2.75) is 0 Å². The van der Waals surface area contributed by atoms with Crippen LogP contribution in [-0.4, -0.2) is 25.5 Å². The Kier molecular flexibility index (Phi) is 1.50. The molecule has 2 aliphatic rings. The molecule has 0 fully saturated rings. The summed E-state index contributed by atoms with van der Waals surface area (Å²) in [6, 6.07) is 5.13. The van der Waals surface area contributed by atoms with Gasteiger partial charge in [-0.05, 0) is 12.1 Å². The lowest BCUT2D eigenvalue weighted by molar-refractivity contribution is 0.630. The maximum atomic E-state index is 13.4. The number of aliphatic imine (C=N–C) groups is 1. The number of fused-ring (bicyclic) bond motifs is 3. The fraction of sp³-hybridized carbons (Fsp3) is 0.300. The molecule has 1 N–H and O–H groups in total. The van der Waals surface area contributed by atoms with Crippen molar-refractivity contribution in [2.24, 2.45) is 4.99 Å². The minimum Gasteiger partial charge on any atom is -0.374 e. The van der Waals surface area contributed by atoms with Crippen LogP contribution in [0.1, 0.15) is 0 Å². The van der Waals surface area contributed by atoms with E-state index in [4.69, 9.17) is 0 Å². The van der Waals surface area contributed by atoms with Crippen LogP contribution in [0.15, 0.2) is 23.2 Å². The first-order valence-corrected chi connectivity index (χ1v) is 4.69. The Morgan fingerprint density at radius 3 is 3.29 bits per heavy atom. The Labute approximate surface area is 81.3 Å². The van der Waals surface area contributed by atoms with Gasteiger partial charge in [-0.15, -0.1) is 0 Å². The summed E-state index contributed by atoms with van der Waals surface area (Å²) in [6.45, 7) is 2.31. The Bertz CT molecular complexity index is 414. The van der Waals surface area contributed by atoms with Gasteiger partial charge in [0.2, 0.25) is 0 Å². The second kappa shape index (κ2) is 2.70. The Morgan fingerprint density at radius 2 is 2.36 bits per heavy atom. The standard InChI is InChI=1S/C10H10FN3/c11-7-2-1-3-8-10(7)13-6-9-12-4-5-14(8)9/h1-3,13H,4-6H2. The van der Waals surface area contributed by atoms with E-state index in [1.54, 1.807) is 6.07 Å². The van der Waals surface area contributed by atoms with E-state index in [2.05, 4.69) is 15.2 Å². The van der Waals surface area contributed by atoms with Crippen molar-refractivity contribution in [1.82, 2.24) is 0 Å². The zero-order valence-electron chi connectivity index (χ0n) is 7.63. The van der Waals surface area contributed by atoms with Crippen molar-refractivity contribution >= 4 is 17.2 Å². The van der Waals surface area contributed by atoms with Crippen LogP contribution in [0.5, 0.6) is 0 Å². The zero-order valence-corrected chi connectivity index (χ0v) is 7.63. The highest BCUT2D eigenvalue weighted by molar-refractivity contribution is 6.07. The molecule has 1 aromatic carbocycles. The van der Waals surface area contributed by atoms with Gasteiger partial charge < -0.3 is 10.2 Å². The topological polar surface area (TPSA) is 27.6 Å². The number of para-hydroxylation sites is 1. The highest BCUT2D eigenvalue weighted by Gasteiger charge is 2.26. The first-order chi connectivity index (χ1) is 6.86. The van der Waals surface area contributed by atoms with Crippen LogP contribution in [0.2, 0.25) is 0 Å². The van der Waals surface area contributed by atoms with E-state index in [-0.39, 0.29) is 5.82 Å². The lowest BCUT2D eigenvalue weighted by Crippen LogP contribution is -2.37. The van der Waals surface area contributed by atoms with Gasteiger partial charge in [-0.3, -0.25) is 4.99 Å². The maximum Gasteiger partial charge on any atom is 0.148 e. The van der Waals surface area contributed by atoms with Gasteiger partial charge in [0.05, 0.1) is 24.5 Å². The molecule has 4 heteroatoms. The number of hydrogen-bond acceptors (Lipinski definition) is 3. The molecule has 3 rings (SSSR count). The number of nitrogens with one attached hydrogen (secondary N) is 1. The molecule has 0 amide bonds. The SMILES string of the molecule is Fc1cccc2c1NCC1=NCCN12. The van der Waals surface area contributed by atoms with Crippen molar-refractivity contribution in [3.63, 3.8) is 0 Å². The van der Waals surface area contributed by atoms with Crippen molar-refractivity contribution in [2.75, 3.05) is 29.9 Å². The van der Waals surface area contributed by atoms with Crippen LogP contribution in [0.3, 0.4) is 0 Å². The second-order valence-electron chi connectivity index (χ2n) is 3.44. The summed E-state index contributed by atoms with van der Waals surface area (Å²) in [5.41, 5.74) is 1.51. The summed E-state index contributed by atoms with van der Waals surface area (Å²) in [7, 11) is 0. The summed E-state index contributed by atoms with van der Waals surface area (Å²) in [4.78, 5) is 6.42. The fourth-order valence-corrected chi connectivity index (χ4v) is 1.98. The average molecular weight is 191 g/mol. The van der Waals surface area contributed by atoms with E-state index < -0.39 is 0 Å². The first-order valence-electron chi connectivity index (χ1n) is 4.69. The molecule has 0 saturated carbocycles. The third-order valence-corrected chi connectivity index (χ3v) is 2.64. The minimum atomic E-state index is -0.187. The van der Waals surface area contributed by atoms with Gasteiger partial charge in [-0.25, -0.2) is 4.39 Å². The summed E-state index contributed by atoms with van der Waals surface area (Å²) < 4.78 is 13.4. The van der Waals surface area contributed by atoms with Crippen molar-refractivity contribution in [3.05, 3.63) is 24.0 Å². The number of benzene rings is 1. The van der Waals surface area contributed by atoms with Crippen LogP contribution < -0.4 is 10.2 Å². The molecule has 0 unspecified atom stereocenters. The fourth-order valence-electron chi connectivity index (χ4n) is 1.98. The van der Waals surface area contributed by atoms with E-state index in [9.17, 15) is 4.39 Å². The molecular formula is C10H10FN3. The monoisotopic (exact) mass is 191 g/mol. The van der Waals surface area contributed by atoms with E-state index in [1.165, 1.54) is 6.07 Å². The quantitative estimate of drug-likeness (QED) is 0.672. The number of nitrogens with zero attached hydrogens (tertiary/aromatic N) is 2. The normalized spacial score (nSPS) is 18.4. The molecule has 0 bridgehead atoms. The molecular weight excluding hydrogens is 181 g/mol. The molecule has 0 aromatic heterocycles. The minimum absolute atomic E-state index is 0.187. The van der Waals surface area contributed by atoms with Crippen molar-refractivity contribution < 1.29 is 4.39 Å². The maximum absolute atomic E-state index is 13.4. The summed E-state index contributed by atoms with van der Waals surface area (Å²) in [5.74, 6) is 0.830. The summed E-state index contributed by atoms with van der Waals surface area (Å²) >= 11 is 0. The van der Waals surface area contributed by atoms with Gasteiger partial charge in [-0.2, -0.15) is 0 Å². The molecule has 0 atom stereocenters. The van der Waals surface area contributed by atoms with Crippen LogP contribution in [0.4, 0.5) is 15.8 Å². The largest absolute Gasteiger partial charge is 0.374 e. The van der Waals surface area contributed by atoms with Crippen molar-refractivity contribution in [1.29, 1.82) is 0 Å². The van der Waals surface area contributed by atoms with Gasteiger partial charge in [-0.1, -0.05) is 6.07 Å². The third-order valence-electron chi connectivity index (χ3n) is 2.64. The van der Waals surface area contributed by atoms with Gasteiger partial charge in [0.25, 0.3) is 0 Å². The molecule has 3 nitrogen and oxygen atoms in total. The van der Waals surface area contributed by atoms with Crippen LogP contribution in [0, 0.1) is 5.82 Å². The van der Waals surface area contributed by atoms with Crippen LogP contribution in [0.25, 0.3) is 0 Å². The molecule has 0 aliphatic carbocycles. The molecule has 2 heterocycles. The number of rotatable bonds is 0.